The molecule has 0 bridgehead atoms. The van der Waals surface area contributed by atoms with Crippen molar-refractivity contribution in [3.63, 3.8) is 0 Å². The van der Waals surface area contributed by atoms with Crippen LogP contribution in [0.15, 0.2) is 78.3 Å². The van der Waals surface area contributed by atoms with Gasteiger partial charge in [0.25, 0.3) is 5.91 Å². The Balaban J connectivity index is 1.45. The van der Waals surface area contributed by atoms with Crippen LogP contribution in [0.25, 0.3) is 21.8 Å². The van der Waals surface area contributed by atoms with E-state index in [1.165, 1.54) is 0 Å². The van der Waals surface area contributed by atoms with E-state index in [-0.39, 0.29) is 5.56 Å². The van der Waals surface area contributed by atoms with Crippen LogP contribution >= 0.6 is 11.3 Å². The van der Waals surface area contributed by atoms with E-state index in [0.717, 1.165) is 40.2 Å². The van der Waals surface area contributed by atoms with Crippen molar-refractivity contribution in [2.75, 3.05) is 5.32 Å². The Kier molecular flexibility index (Phi) is 5.33. The second-order valence-electron chi connectivity index (χ2n) is 6.37. The number of carbonyl (C=O) groups excluding carboxylic acids is 1. The van der Waals surface area contributed by atoms with Crippen LogP contribution < -0.4 is 5.32 Å². The highest BCUT2D eigenvalue weighted by molar-refractivity contribution is 7.13. The summed E-state index contributed by atoms with van der Waals surface area (Å²) < 4.78 is 37.7. The van der Waals surface area contributed by atoms with Crippen LogP contribution in [0, 0.1) is 0 Å². The summed E-state index contributed by atoms with van der Waals surface area (Å²) in [7, 11) is 0. The van der Waals surface area contributed by atoms with Gasteiger partial charge in [0.05, 0.1) is 11.3 Å². The van der Waals surface area contributed by atoms with E-state index in [2.05, 4.69) is 15.3 Å². The molecule has 4 nitrogen and oxygen atoms in total. The Hall–Kier alpha value is -3.52. The second kappa shape index (κ2) is 8.08. The number of rotatable bonds is 4. The van der Waals surface area contributed by atoms with Crippen molar-refractivity contribution in [2.24, 2.45) is 0 Å². The summed E-state index contributed by atoms with van der Waals surface area (Å²) in [5, 5.41) is 5.52. The van der Waals surface area contributed by atoms with E-state index >= 15 is 0 Å². The average Bonchev–Trinajstić information content (AvgIpc) is 3.25. The Morgan fingerprint density at radius 2 is 1.63 bits per heavy atom. The zero-order chi connectivity index (χ0) is 21.1. The van der Waals surface area contributed by atoms with Gasteiger partial charge in [-0.3, -0.25) is 9.78 Å². The van der Waals surface area contributed by atoms with Gasteiger partial charge >= 0.3 is 6.18 Å². The molecule has 0 aliphatic rings. The fourth-order valence-corrected chi connectivity index (χ4v) is 3.58. The van der Waals surface area contributed by atoms with Gasteiger partial charge in [-0.2, -0.15) is 13.2 Å². The fraction of sp³-hybridized carbons (Fsp3) is 0.0455. The van der Waals surface area contributed by atoms with E-state index in [1.54, 1.807) is 23.5 Å². The summed E-state index contributed by atoms with van der Waals surface area (Å²) in [6.07, 6.45) is -3.63. The van der Waals surface area contributed by atoms with Crippen molar-refractivity contribution in [3.8, 4) is 21.8 Å². The molecule has 0 atom stereocenters. The standard InChI is InChI=1S/C22H14F3N3OS/c23-22(24,25)19-11-8-16(12-26-19)20(29)27-17-9-6-14(7-10-17)18-13-30-21(28-18)15-4-2-1-3-5-15/h1-13H,(H,27,29). The maximum atomic E-state index is 12.6. The molecule has 0 radical (unpaired) electrons. The summed E-state index contributed by atoms with van der Waals surface area (Å²) >= 11 is 1.54. The van der Waals surface area contributed by atoms with Crippen LogP contribution in [0.1, 0.15) is 16.1 Å². The number of nitrogens with zero attached hydrogens (tertiary/aromatic N) is 2. The van der Waals surface area contributed by atoms with Crippen LogP contribution in [0.2, 0.25) is 0 Å². The maximum absolute atomic E-state index is 12.6. The van der Waals surface area contributed by atoms with Gasteiger partial charge in [-0.25, -0.2) is 4.98 Å². The zero-order valence-corrected chi connectivity index (χ0v) is 16.2. The average molecular weight is 425 g/mol. The number of hydrogen-bond acceptors (Lipinski definition) is 4. The third-order valence-corrected chi connectivity index (χ3v) is 5.17. The molecule has 30 heavy (non-hydrogen) atoms. The van der Waals surface area contributed by atoms with Crippen molar-refractivity contribution in [1.82, 2.24) is 9.97 Å². The minimum atomic E-state index is -4.54. The van der Waals surface area contributed by atoms with Crippen LogP contribution in [-0.2, 0) is 6.18 Å². The quantitative estimate of drug-likeness (QED) is 0.427. The summed E-state index contributed by atoms with van der Waals surface area (Å²) in [5.74, 6) is -0.538. The number of pyridine rings is 1. The topological polar surface area (TPSA) is 54.9 Å². The van der Waals surface area contributed by atoms with Gasteiger partial charge in [0.1, 0.15) is 10.7 Å². The molecule has 0 fully saturated rings. The van der Waals surface area contributed by atoms with Gasteiger partial charge < -0.3 is 5.32 Å². The number of nitrogens with one attached hydrogen (secondary N) is 1. The molecule has 150 valence electrons. The van der Waals surface area contributed by atoms with E-state index in [1.807, 2.05) is 47.8 Å². The highest BCUT2D eigenvalue weighted by Gasteiger charge is 2.32. The van der Waals surface area contributed by atoms with Crippen molar-refractivity contribution in [2.45, 2.75) is 6.18 Å². The first kappa shape index (κ1) is 19.8. The van der Waals surface area contributed by atoms with Crippen molar-refractivity contribution in [3.05, 3.63) is 89.6 Å². The molecule has 1 N–H and O–H groups in total. The molecule has 0 saturated heterocycles. The first-order valence-electron chi connectivity index (χ1n) is 8.86. The third-order valence-electron chi connectivity index (χ3n) is 4.28. The number of alkyl halides is 3. The molecule has 0 aliphatic carbocycles. The lowest BCUT2D eigenvalue weighted by atomic mass is 10.1. The number of hydrogen-bond donors (Lipinski definition) is 1. The second-order valence-corrected chi connectivity index (χ2v) is 7.22. The molecule has 8 heteroatoms. The summed E-state index contributed by atoms with van der Waals surface area (Å²) in [6.45, 7) is 0. The van der Waals surface area contributed by atoms with Crippen LogP contribution in [0.5, 0.6) is 0 Å². The third kappa shape index (κ3) is 4.38. The predicted molar refractivity (Wildman–Crippen MR) is 110 cm³/mol. The number of amides is 1. The number of benzene rings is 2. The van der Waals surface area contributed by atoms with Crippen molar-refractivity contribution < 1.29 is 18.0 Å². The monoisotopic (exact) mass is 425 g/mol. The Morgan fingerprint density at radius 1 is 0.900 bits per heavy atom. The molecule has 0 unspecified atom stereocenters. The van der Waals surface area contributed by atoms with Crippen LogP contribution in [0.3, 0.4) is 0 Å². The van der Waals surface area contributed by atoms with E-state index < -0.39 is 17.8 Å². The highest BCUT2D eigenvalue weighted by atomic mass is 32.1. The van der Waals surface area contributed by atoms with Gasteiger partial charge in [0, 0.05) is 28.4 Å². The number of aromatic nitrogens is 2. The molecule has 2 aromatic heterocycles. The van der Waals surface area contributed by atoms with E-state index in [9.17, 15) is 18.0 Å². The van der Waals surface area contributed by atoms with Crippen LogP contribution in [-0.4, -0.2) is 15.9 Å². The SMILES string of the molecule is O=C(Nc1ccc(-c2csc(-c3ccccc3)n2)cc1)c1ccc(C(F)(F)F)nc1. The zero-order valence-electron chi connectivity index (χ0n) is 15.4. The summed E-state index contributed by atoms with van der Waals surface area (Å²) in [5.41, 5.74) is 2.27. The van der Waals surface area contributed by atoms with Gasteiger partial charge in [0.15, 0.2) is 0 Å². The first-order valence-corrected chi connectivity index (χ1v) is 9.74. The first-order chi connectivity index (χ1) is 14.4. The van der Waals surface area contributed by atoms with Gasteiger partial charge in [-0.1, -0.05) is 42.5 Å². The normalized spacial score (nSPS) is 11.3. The molecule has 1 amide bonds. The van der Waals surface area contributed by atoms with Gasteiger partial charge in [-0.15, -0.1) is 11.3 Å². The van der Waals surface area contributed by atoms with E-state index in [0.29, 0.717) is 5.69 Å². The van der Waals surface area contributed by atoms with Crippen LogP contribution in [0.4, 0.5) is 18.9 Å². The predicted octanol–water partition coefficient (Wildman–Crippen LogP) is 6.14. The molecule has 0 spiro atoms. The number of thiazole rings is 1. The minimum Gasteiger partial charge on any atom is -0.322 e. The lowest BCUT2D eigenvalue weighted by Crippen LogP contribution is -2.14. The summed E-state index contributed by atoms with van der Waals surface area (Å²) in [6, 6.07) is 18.8. The lowest BCUT2D eigenvalue weighted by molar-refractivity contribution is -0.141. The number of anilines is 1. The van der Waals surface area contributed by atoms with Crippen molar-refractivity contribution in [1.29, 1.82) is 0 Å². The Labute approximate surface area is 174 Å². The largest absolute Gasteiger partial charge is 0.433 e. The van der Waals surface area contributed by atoms with E-state index in [4.69, 9.17) is 0 Å². The minimum absolute atomic E-state index is 0.0408. The number of carbonyl (C=O) groups is 1. The molecule has 0 aliphatic heterocycles. The highest BCUT2D eigenvalue weighted by Crippen LogP contribution is 2.30. The maximum Gasteiger partial charge on any atom is 0.433 e. The number of halogens is 3. The summed E-state index contributed by atoms with van der Waals surface area (Å²) in [4.78, 5) is 20.2. The molecular formula is C22H14F3N3OS. The molecule has 2 aromatic carbocycles. The molecule has 4 aromatic rings. The molecule has 2 heterocycles. The molecule has 0 saturated carbocycles. The molecular weight excluding hydrogens is 411 g/mol. The Morgan fingerprint density at radius 3 is 2.27 bits per heavy atom. The smallest absolute Gasteiger partial charge is 0.322 e. The van der Waals surface area contributed by atoms with Crippen molar-refractivity contribution >= 4 is 22.9 Å². The molecule has 4 rings (SSSR count). The van der Waals surface area contributed by atoms with Gasteiger partial charge in [-0.05, 0) is 24.3 Å². The fourth-order valence-electron chi connectivity index (χ4n) is 2.74. The Bertz CT molecular complexity index is 1150. The van der Waals surface area contributed by atoms with Gasteiger partial charge in [0.2, 0.25) is 0 Å². The lowest BCUT2D eigenvalue weighted by Gasteiger charge is -2.08.